The predicted octanol–water partition coefficient (Wildman–Crippen LogP) is 4.04. The van der Waals surface area contributed by atoms with Gasteiger partial charge in [0.1, 0.15) is 0 Å². The number of alkyl halides is 3. The van der Waals surface area contributed by atoms with Crippen molar-refractivity contribution in [3.63, 3.8) is 0 Å². The molecule has 1 fully saturated rings. The first-order chi connectivity index (χ1) is 10.8. The molecular formula is C16H23F3N2OS. The van der Waals surface area contributed by atoms with Crippen LogP contribution in [0.4, 0.5) is 13.2 Å². The van der Waals surface area contributed by atoms with Crippen molar-refractivity contribution in [2.24, 2.45) is 11.8 Å². The van der Waals surface area contributed by atoms with E-state index in [1.165, 1.54) is 4.88 Å². The molecule has 1 aromatic heterocycles. The lowest BCUT2D eigenvalue weighted by Gasteiger charge is -2.29. The first kappa shape index (κ1) is 18.2. The SMILES string of the molecule is CCc1nc(CCNC(=O)[C@@H]2CCC[C@@H](C(F)(F)F)C2)sc1C. The molecule has 1 N–H and O–H groups in total. The summed E-state index contributed by atoms with van der Waals surface area (Å²) in [6, 6.07) is 0. The summed E-state index contributed by atoms with van der Waals surface area (Å²) in [5.74, 6) is -2.09. The lowest BCUT2D eigenvalue weighted by molar-refractivity contribution is -0.186. The van der Waals surface area contributed by atoms with Crippen molar-refractivity contribution in [1.29, 1.82) is 0 Å². The van der Waals surface area contributed by atoms with Crippen molar-refractivity contribution in [3.05, 3.63) is 15.6 Å². The maximum Gasteiger partial charge on any atom is 0.391 e. The first-order valence-corrected chi connectivity index (χ1v) is 8.92. The molecule has 3 nitrogen and oxygen atoms in total. The monoisotopic (exact) mass is 348 g/mol. The minimum absolute atomic E-state index is 0.0777. The Morgan fingerprint density at radius 2 is 2.13 bits per heavy atom. The van der Waals surface area contributed by atoms with E-state index >= 15 is 0 Å². The van der Waals surface area contributed by atoms with Gasteiger partial charge in [-0.2, -0.15) is 13.2 Å². The Morgan fingerprint density at radius 1 is 1.39 bits per heavy atom. The van der Waals surface area contributed by atoms with Crippen LogP contribution in [0.25, 0.3) is 0 Å². The number of aromatic nitrogens is 1. The topological polar surface area (TPSA) is 42.0 Å². The number of carbonyl (C=O) groups is 1. The summed E-state index contributed by atoms with van der Waals surface area (Å²) < 4.78 is 38.4. The zero-order valence-corrected chi connectivity index (χ0v) is 14.3. The summed E-state index contributed by atoms with van der Waals surface area (Å²) in [5, 5.41) is 3.75. The van der Waals surface area contributed by atoms with Crippen molar-refractivity contribution in [3.8, 4) is 0 Å². The minimum atomic E-state index is -4.19. The smallest absolute Gasteiger partial charge is 0.355 e. The van der Waals surface area contributed by atoms with Gasteiger partial charge in [0.05, 0.1) is 16.6 Å². The number of rotatable bonds is 5. The fourth-order valence-electron chi connectivity index (χ4n) is 3.08. The maximum atomic E-state index is 12.8. The van der Waals surface area contributed by atoms with Gasteiger partial charge >= 0.3 is 6.18 Å². The zero-order chi connectivity index (χ0) is 17.0. The summed E-state index contributed by atoms with van der Waals surface area (Å²) in [5.41, 5.74) is 1.08. The number of nitrogens with zero attached hydrogens (tertiary/aromatic N) is 1. The molecule has 7 heteroatoms. The summed E-state index contributed by atoms with van der Waals surface area (Å²) in [4.78, 5) is 17.8. The van der Waals surface area contributed by atoms with E-state index in [1.54, 1.807) is 11.3 Å². The van der Waals surface area contributed by atoms with E-state index in [-0.39, 0.29) is 18.7 Å². The second kappa shape index (κ2) is 7.64. The molecular weight excluding hydrogens is 325 g/mol. The van der Waals surface area contributed by atoms with Crippen LogP contribution in [-0.4, -0.2) is 23.6 Å². The number of hydrogen-bond acceptors (Lipinski definition) is 3. The first-order valence-electron chi connectivity index (χ1n) is 8.10. The molecule has 23 heavy (non-hydrogen) atoms. The molecule has 1 saturated carbocycles. The van der Waals surface area contributed by atoms with E-state index < -0.39 is 18.0 Å². The standard InChI is InChI=1S/C16H23F3N2OS/c1-3-13-10(2)23-14(21-13)7-8-20-15(22)11-5-4-6-12(9-11)16(17,18)19/h11-12H,3-9H2,1-2H3,(H,20,22)/t11-,12-/m1/s1. The highest BCUT2D eigenvalue weighted by Crippen LogP contribution is 2.39. The molecule has 0 aromatic carbocycles. The Morgan fingerprint density at radius 3 is 2.74 bits per heavy atom. The van der Waals surface area contributed by atoms with E-state index in [1.807, 2.05) is 13.8 Å². The van der Waals surface area contributed by atoms with Crippen LogP contribution < -0.4 is 5.32 Å². The summed E-state index contributed by atoms with van der Waals surface area (Å²) >= 11 is 1.62. The summed E-state index contributed by atoms with van der Waals surface area (Å²) in [7, 11) is 0. The Hall–Kier alpha value is -1.11. The van der Waals surface area contributed by atoms with Gasteiger partial charge in [-0.15, -0.1) is 11.3 Å². The normalized spacial score (nSPS) is 22.1. The van der Waals surface area contributed by atoms with Gasteiger partial charge in [-0.25, -0.2) is 4.98 Å². The van der Waals surface area contributed by atoms with Crippen LogP contribution in [0, 0.1) is 18.8 Å². The minimum Gasteiger partial charge on any atom is -0.355 e. The average Bonchev–Trinajstić information content (AvgIpc) is 2.86. The van der Waals surface area contributed by atoms with Crippen molar-refractivity contribution in [2.75, 3.05) is 6.54 Å². The van der Waals surface area contributed by atoms with Gasteiger partial charge in [-0.1, -0.05) is 13.3 Å². The lowest BCUT2D eigenvalue weighted by Crippen LogP contribution is -2.38. The molecule has 2 rings (SSSR count). The zero-order valence-electron chi connectivity index (χ0n) is 13.5. The molecule has 0 aliphatic heterocycles. The fourth-order valence-corrected chi connectivity index (χ4v) is 4.11. The lowest BCUT2D eigenvalue weighted by atomic mass is 9.80. The van der Waals surface area contributed by atoms with Crippen LogP contribution >= 0.6 is 11.3 Å². The largest absolute Gasteiger partial charge is 0.391 e. The molecule has 0 radical (unpaired) electrons. The van der Waals surface area contributed by atoms with Gasteiger partial charge in [-0.3, -0.25) is 4.79 Å². The third kappa shape index (κ3) is 4.93. The number of aryl methyl sites for hydroxylation is 2. The highest BCUT2D eigenvalue weighted by Gasteiger charge is 2.43. The van der Waals surface area contributed by atoms with Crippen LogP contribution in [0.5, 0.6) is 0 Å². The molecule has 0 unspecified atom stereocenters. The van der Waals surface area contributed by atoms with Crippen LogP contribution in [-0.2, 0) is 17.6 Å². The van der Waals surface area contributed by atoms with E-state index in [9.17, 15) is 18.0 Å². The molecule has 1 amide bonds. The van der Waals surface area contributed by atoms with Crippen LogP contribution in [0.15, 0.2) is 0 Å². The Balaban J connectivity index is 1.80. The van der Waals surface area contributed by atoms with Gasteiger partial charge in [0, 0.05) is 23.8 Å². The molecule has 0 spiro atoms. The molecule has 1 aliphatic rings. The predicted molar refractivity (Wildman–Crippen MR) is 84.4 cm³/mol. The average molecular weight is 348 g/mol. The van der Waals surface area contributed by atoms with Crippen molar-refractivity contribution >= 4 is 17.2 Å². The number of carbonyl (C=O) groups excluding carboxylic acids is 1. The maximum absolute atomic E-state index is 12.8. The number of thiazole rings is 1. The molecule has 1 heterocycles. The highest BCUT2D eigenvalue weighted by atomic mass is 32.1. The van der Waals surface area contributed by atoms with Gasteiger partial charge in [-0.05, 0) is 32.6 Å². The molecule has 0 bridgehead atoms. The molecule has 1 aromatic rings. The summed E-state index contributed by atoms with van der Waals surface area (Å²) in [6.45, 7) is 4.51. The Kier molecular flexibility index (Phi) is 6.06. The van der Waals surface area contributed by atoms with Gasteiger partial charge in [0.2, 0.25) is 5.91 Å². The molecule has 0 saturated heterocycles. The number of halogens is 3. The third-order valence-corrected chi connectivity index (χ3v) is 5.49. The van der Waals surface area contributed by atoms with Gasteiger partial charge < -0.3 is 5.32 Å². The number of hydrogen-bond donors (Lipinski definition) is 1. The van der Waals surface area contributed by atoms with Crippen molar-refractivity contribution in [2.45, 2.75) is 58.5 Å². The number of nitrogens with one attached hydrogen (secondary N) is 1. The van der Waals surface area contributed by atoms with Crippen molar-refractivity contribution in [1.82, 2.24) is 10.3 Å². The van der Waals surface area contributed by atoms with Crippen molar-refractivity contribution < 1.29 is 18.0 Å². The second-order valence-electron chi connectivity index (χ2n) is 6.11. The van der Waals surface area contributed by atoms with E-state index in [0.717, 1.165) is 17.1 Å². The highest BCUT2D eigenvalue weighted by molar-refractivity contribution is 7.11. The van der Waals surface area contributed by atoms with E-state index in [0.29, 0.717) is 25.8 Å². The molecule has 130 valence electrons. The van der Waals surface area contributed by atoms with Gasteiger partial charge in [0.15, 0.2) is 0 Å². The molecule has 1 aliphatic carbocycles. The Labute approximate surface area is 138 Å². The number of amides is 1. The van der Waals surface area contributed by atoms with Crippen LogP contribution in [0.3, 0.4) is 0 Å². The van der Waals surface area contributed by atoms with E-state index in [2.05, 4.69) is 10.3 Å². The summed E-state index contributed by atoms with van der Waals surface area (Å²) in [6.07, 6.45) is -1.59. The fraction of sp³-hybridized carbons (Fsp3) is 0.750. The van der Waals surface area contributed by atoms with Crippen LogP contribution in [0.2, 0.25) is 0 Å². The van der Waals surface area contributed by atoms with Crippen LogP contribution in [0.1, 0.15) is 48.2 Å². The second-order valence-corrected chi connectivity index (χ2v) is 7.39. The Bertz CT molecular complexity index is 542. The van der Waals surface area contributed by atoms with E-state index in [4.69, 9.17) is 0 Å². The third-order valence-electron chi connectivity index (χ3n) is 4.42. The van der Waals surface area contributed by atoms with Gasteiger partial charge in [0.25, 0.3) is 0 Å². The quantitative estimate of drug-likeness (QED) is 0.872. The molecule has 2 atom stereocenters.